The molecule has 6 heteroatoms. The van der Waals surface area contributed by atoms with E-state index in [1.165, 1.54) is 0 Å². The van der Waals surface area contributed by atoms with E-state index >= 15 is 0 Å². The molecule has 1 aliphatic heterocycles. The van der Waals surface area contributed by atoms with Gasteiger partial charge in [-0.15, -0.1) is 12.4 Å². The highest BCUT2D eigenvalue weighted by molar-refractivity contribution is 9.10. The summed E-state index contributed by atoms with van der Waals surface area (Å²) in [6.07, 6.45) is 0.982. The molecule has 1 unspecified atom stereocenters. The van der Waals surface area contributed by atoms with Crippen molar-refractivity contribution in [2.24, 2.45) is 5.73 Å². The van der Waals surface area contributed by atoms with E-state index in [4.69, 9.17) is 5.73 Å². The van der Waals surface area contributed by atoms with Gasteiger partial charge in [0.2, 0.25) is 5.91 Å². The minimum atomic E-state index is 0. The molecule has 4 nitrogen and oxygen atoms in total. The van der Waals surface area contributed by atoms with Gasteiger partial charge in [-0.05, 0) is 31.0 Å². The summed E-state index contributed by atoms with van der Waals surface area (Å²) < 4.78 is 1.04. The van der Waals surface area contributed by atoms with Gasteiger partial charge < -0.3 is 11.1 Å². The molecular weight excluding hydrogens is 342 g/mol. The first kappa shape index (κ1) is 17.4. The van der Waals surface area contributed by atoms with Crippen LogP contribution in [0.3, 0.4) is 0 Å². The highest BCUT2D eigenvalue weighted by Gasteiger charge is 2.21. The minimum Gasteiger partial charge on any atom is -0.348 e. The Balaban J connectivity index is 0.00000200. The Morgan fingerprint density at radius 2 is 2.15 bits per heavy atom. The lowest BCUT2D eigenvalue weighted by Gasteiger charge is -2.18. The Kier molecular flexibility index (Phi) is 6.95. The average Bonchev–Trinajstić information content (AvgIpc) is 2.75. The molecule has 0 aromatic heterocycles. The number of nitrogens with zero attached hydrogens (tertiary/aromatic N) is 1. The molecule has 0 spiro atoms. The second kappa shape index (κ2) is 7.98. The summed E-state index contributed by atoms with van der Waals surface area (Å²) in [6, 6.07) is 8.24. The van der Waals surface area contributed by atoms with E-state index in [1.54, 1.807) is 0 Å². The minimum absolute atomic E-state index is 0. The zero-order valence-electron chi connectivity index (χ0n) is 11.5. The Morgan fingerprint density at radius 1 is 1.50 bits per heavy atom. The van der Waals surface area contributed by atoms with Crippen LogP contribution in [0.15, 0.2) is 28.7 Å². The number of rotatable bonds is 4. The van der Waals surface area contributed by atoms with Crippen molar-refractivity contribution in [3.63, 3.8) is 0 Å². The van der Waals surface area contributed by atoms with Crippen LogP contribution in [0.25, 0.3) is 0 Å². The van der Waals surface area contributed by atoms with Gasteiger partial charge >= 0.3 is 0 Å². The quantitative estimate of drug-likeness (QED) is 0.862. The van der Waals surface area contributed by atoms with Crippen LogP contribution in [0.1, 0.15) is 24.9 Å². The summed E-state index contributed by atoms with van der Waals surface area (Å²) in [5.74, 6) is 0.0597. The molecule has 20 heavy (non-hydrogen) atoms. The number of hydrogen-bond acceptors (Lipinski definition) is 3. The van der Waals surface area contributed by atoms with Gasteiger partial charge in [-0.25, -0.2) is 0 Å². The first-order valence-electron chi connectivity index (χ1n) is 6.57. The maximum absolute atomic E-state index is 12.0. The lowest BCUT2D eigenvalue weighted by atomic mass is 10.1. The molecule has 112 valence electrons. The number of likely N-dealkylation sites (tertiary alicyclic amines) is 1. The van der Waals surface area contributed by atoms with Gasteiger partial charge in [0.1, 0.15) is 0 Å². The van der Waals surface area contributed by atoms with Gasteiger partial charge in [-0.2, -0.15) is 0 Å². The normalized spacial score (nSPS) is 20.2. The summed E-state index contributed by atoms with van der Waals surface area (Å²) in [4.78, 5) is 14.1. The van der Waals surface area contributed by atoms with Crippen LogP contribution in [0.5, 0.6) is 0 Å². The molecule has 0 saturated carbocycles. The van der Waals surface area contributed by atoms with Crippen molar-refractivity contribution in [1.29, 1.82) is 0 Å². The van der Waals surface area contributed by atoms with Crippen LogP contribution >= 0.6 is 28.3 Å². The maximum Gasteiger partial charge on any atom is 0.234 e. The second-order valence-corrected chi connectivity index (χ2v) is 6.04. The number of nitrogens with one attached hydrogen (secondary N) is 1. The standard InChI is InChI=1S/C14H20BrN3O.ClH/c1-10(11-2-4-12(15)5-3-11)17-14(19)9-18-7-6-13(16)8-18;/h2-5,10,13H,6-9,16H2,1H3,(H,17,19);1H/t10?,13-;/m0./s1. The van der Waals surface area contributed by atoms with Gasteiger partial charge in [0.15, 0.2) is 0 Å². The summed E-state index contributed by atoms with van der Waals surface area (Å²) in [6.45, 7) is 4.17. The molecule has 1 amide bonds. The van der Waals surface area contributed by atoms with Gasteiger partial charge in [0, 0.05) is 23.6 Å². The highest BCUT2D eigenvalue weighted by atomic mass is 79.9. The molecule has 2 atom stereocenters. The van der Waals surface area contributed by atoms with Gasteiger partial charge in [0.05, 0.1) is 12.6 Å². The largest absolute Gasteiger partial charge is 0.348 e. The van der Waals surface area contributed by atoms with Crippen LogP contribution in [0, 0.1) is 0 Å². The number of benzene rings is 1. The number of nitrogens with two attached hydrogens (primary N) is 1. The third-order valence-electron chi connectivity index (χ3n) is 3.42. The molecule has 1 aromatic rings. The van der Waals surface area contributed by atoms with Crippen molar-refractivity contribution in [1.82, 2.24) is 10.2 Å². The fourth-order valence-electron chi connectivity index (χ4n) is 2.33. The molecule has 0 radical (unpaired) electrons. The van der Waals surface area contributed by atoms with E-state index in [0.717, 1.165) is 29.5 Å². The van der Waals surface area contributed by atoms with E-state index in [0.29, 0.717) is 6.54 Å². The number of hydrogen-bond donors (Lipinski definition) is 2. The Morgan fingerprint density at radius 3 is 2.70 bits per heavy atom. The lowest BCUT2D eigenvalue weighted by Crippen LogP contribution is -2.38. The molecule has 1 saturated heterocycles. The second-order valence-electron chi connectivity index (χ2n) is 5.12. The number of carbonyl (C=O) groups excluding carboxylic acids is 1. The van der Waals surface area contributed by atoms with Crippen LogP contribution in [0.4, 0.5) is 0 Å². The van der Waals surface area contributed by atoms with Gasteiger partial charge in [-0.3, -0.25) is 9.69 Å². The molecule has 1 aliphatic rings. The van der Waals surface area contributed by atoms with E-state index in [-0.39, 0.29) is 30.4 Å². The Hall–Kier alpha value is -0.620. The summed E-state index contributed by atoms with van der Waals surface area (Å²) in [5.41, 5.74) is 6.94. The Bertz CT molecular complexity index is 441. The summed E-state index contributed by atoms with van der Waals surface area (Å²) in [7, 11) is 0. The van der Waals surface area contributed by atoms with Crippen molar-refractivity contribution >= 4 is 34.2 Å². The van der Waals surface area contributed by atoms with Crippen molar-refractivity contribution in [2.45, 2.75) is 25.4 Å². The van der Waals surface area contributed by atoms with Crippen LogP contribution in [0.2, 0.25) is 0 Å². The third kappa shape index (κ3) is 5.05. The molecule has 3 N–H and O–H groups in total. The van der Waals surface area contributed by atoms with E-state index in [9.17, 15) is 4.79 Å². The molecule has 1 fully saturated rings. The monoisotopic (exact) mass is 361 g/mol. The maximum atomic E-state index is 12.0. The smallest absolute Gasteiger partial charge is 0.234 e. The predicted octanol–water partition coefficient (Wildman–Crippen LogP) is 2.08. The van der Waals surface area contributed by atoms with Crippen LogP contribution < -0.4 is 11.1 Å². The van der Waals surface area contributed by atoms with E-state index in [2.05, 4.69) is 26.1 Å². The van der Waals surface area contributed by atoms with Crippen molar-refractivity contribution in [3.05, 3.63) is 34.3 Å². The fourth-order valence-corrected chi connectivity index (χ4v) is 2.60. The topological polar surface area (TPSA) is 58.4 Å². The SMILES string of the molecule is CC(NC(=O)CN1CC[C@H](N)C1)c1ccc(Br)cc1.Cl. The highest BCUT2D eigenvalue weighted by Crippen LogP contribution is 2.16. The Labute approximate surface area is 134 Å². The average molecular weight is 363 g/mol. The summed E-state index contributed by atoms with van der Waals surface area (Å²) in [5, 5.41) is 3.02. The first-order valence-corrected chi connectivity index (χ1v) is 7.36. The molecule has 1 heterocycles. The van der Waals surface area contributed by atoms with E-state index in [1.807, 2.05) is 31.2 Å². The van der Waals surface area contributed by atoms with Crippen LogP contribution in [-0.4, -0.2) is 36.5 Å². The number of carbonyl (C=O) groups is 1. The molecule has 2 rings (SSSR count). The molecular formula is C14H21BrClN3O. The van der Waals surface area contributed by atoms with Crippen molar-refractivity contribution < 1.29 is 4.79 Å². The summed E-state index contributed by atoms with van der Waals surface area (Å²) >= 11 is 3.40. The molecule has 1 aromatic carbocycles. The first-order chi connectivity index (χ1) is 9.04. The van der Waals surface area contributed by atoms with Crippen molar-refractivity contribution in [2.75, 3.05) is 19.6 Å². The predicted molar refractivity (Wildman–Crippen MR) is 87.0 cm³/mol. The molecule has 0 aliphatic carbocycles. The van der Waals surface area contributed by atoms with Crippen molar-refractivity contribution in [3.8, 4) is 0 Å². The zero-order chi connectivity index (χ0) is 13.8. The van der Waals surface area contributed by atoms with Crippen LogP contribution in [-0.2, 0) is 4.79 Å². The lowest BCUT2D eigenvalue weighted by molar-refractivity contribution is -0.122. The van der Waals surface area contributed by atoms with Gasteiger partial charge in [0.25, 0.3) is 0 Å². The van der Waals surface area contributed by atoms with E-state index < -0.39 is 0 Å². The number of halogens is 2. The van der Waals surface area contributed by atoms with Gasteiger partial charge in [-0.1, -0.05) is 28.1 Å². The third-order valence-corrected chi connectivity index (χ3v) is 3.95. The fraction of sp³-hybridized carbons (Fsp3) is 0.500. The number of amides is 1. The zero-order valence-corrected chi connectivity index (χ0v) is 13.9. The molecule has 0 bridgehead atoms.